The molecule has 0 radical (unpaired) electrons. The van der Waals surface area contributed by atoms with Gasteiger partial charge in [-0.05, 0) is 13.3 Å². The van der Waals surface area contributed by atoms with Crippen molar-refractivity contribution in [2.75, 3.05) is 26.2 Å². The molecule has 3 heterocycles. The highest BCUT2D eigenvalue weighted by Crippen LogP contribution is 2.23. The minimum atomic E-state index is -0.0329. The Hall–Kier alpha value is -2.15. The van der Waals surface area contributed by atoms with Gasteiger partial charge in [-0.25, -0.2) is 4.98 Å². The number of hydrogen-bond acceptors (Lipinski definition) is 5. The van der Waals surface area contributed by atoms with Crippen molar-refractivity contribution >= 4 is 5.91 Å². The van der Waals surface area contributed by atoms with Crippen LogP contribution < -0.4 is 0 Å². The molecule has 0 saturated carbocycles. The van der Waals surface area contributed by atoms with Crippen LogP contribution in [0.25, 0.3) is 0 Å². The number of rotatable bonds is 3. The lowest BCUT2D eigenvalue weighted by Gasteiger charge is -2.21. The maximum absolute atomic E-state index is 12.8. The average molecular weight is 359 g/mol. The number of aryl methyl sites for hydroxylation is 1. The average Bonchev–Trinajstić information content (AvgIpc) is 3.09. The number of carbonyl (C=O) groups excluding carboxylic acids is 1. The fourth-order valence-electron chi connectivity index (χ4n) is 3.13. The van der Waals surface area contributed by atoms with Crippen LogP contribution in [-0.2, 0) is 19.0 Å². The normalized spacial score (nSPS) is 16.7. The molecule has 0 aliphatic carbocycles. The van der Waals surface area contributed by atoms with Crippen molar-refractivity contribution in [3.05, 3.63) is 35.3 Å². The summed E-state index contributed by atoms with van der Waals surface area (Å²) in [5, 5.41) is 4.19. The lowest BCUT2D eigenvalue weighted by molar-refractivity contribution is 0.0759. The SMILES string of the molecule is Cc1c(C(=O)N2CCCN(Cc3ncc(C(C)(C)C)o3)CC2)cnn1C. The number of carbonyl (C=O) groups is 1. The number of amides is 1. The van der Waals surface area contributed by atoms with Crippen LogP contribution in [0.2, 0.25) is 0 Å². The van der Waals surface area contributed by atoms with Crippen molar-refractivity contribution in [1.29, 1.82) is 0 Å². The van der Waals surface area contributed by atoms with E-state index in [2.05, 4.69) is 35.8 Å². The van der Waals surface area contributed by atoms with E-state index in [0.717, 1.165) is 43.4 Å². The first-order valence-electron chi connectivity index (χ1n) is 9.21. The number of oxazole rings is 1. The van der Waals surface area contributed by atoms with Gasteiger partial charge in [-0.3, -0.25) is 14.4 Å². The van der Waals surface area contributed by atoms with Crippen LogP contribution in [0, 0.1) is 6.92 Å². The highest BCUT2D eigenvalue weighted by Gasteiger charge is 2.24. The zero-order chi connectivity index (χ0) is 18.9. The molecule has 1 saturated heterocycles. The quantitative estimate of drug-likeness (QED) is 0.842. The van der Waals surface area contributed by atoms with Crippen molar-refractivity contribution in [3.8, 4) is 0 Å². The van der Waals surface area contributed by atoms with Gasteiger partial charge >= 0.3 is 0 Å². The largest absolute Gasteiger partial charge is 0.444 e. The van der Waals surface area contributed by atoms with E-state index in [1.807, 2.05) is 25.1 Å². The van der Waals surface area contributed by atoms with E-state index in [0.29, 0.717) is 18.7 Å². The Bertz CT molecular complexity index is 771. The Morgan fingerprint density at radius 1 is 1.19 bits per heavy atom. The molecule has 0 unspecified atom stereocenters. The fraction of sp³-hybridized carbons (Fsp3) is 0.632. The van der Waals surface area contributed by atoms with Gasteiger partial charge in [-0.1, -0.05) is 20.8 Å². The Labute approximate surface area is 155 Å². The third kappa shape index (κ3) is 3.98. The molecule has 0 spiro atoms. The molecule has 1 aliphatic rings. The van der Waals surface area contributed by atoms with Crippen LogP contribution in [0.3, 0.4) is 0 Å². The summed E-state index contributed by atoms with van der Waals surface area (Å²) >= 11 is 0. The molecule has 2 aromatic rings. The lowest BCUT2D eigenvalue weighted by atomic mass is 9.94. The van der Waals surface area contributed by atoms with Crippen LogP contribution in [0.1, 0.15) is 54.9 Å². The highest BCUT2D eigenvalue weighted by molar-refractivity contribution is 5.95. The summed E-state index contributed by atoms with van der Waals surface area (Å²) in [6.45, 7) is 12.2. The summed E-state index contributed by atoms with van der Waals surface area (Å²) in [7, 11) is 1.86. The predicted octanol–water partition coefficient (Wildman–Crippen LogP) is 2.36. The summed E-state index contributed by atoms with van der Waals surface area (Å²) < 4.78 is 7.65. The van der Waals surface area contributed by atoms with Crippen molar-refractivity contribution < 1.29 is 9.21 Å². The molecular weight excluding hydrogens is 330 g/mol. The first-order chi connectivity index (χ1) is 12.3. The molecule has 1 fully saturated rings. The van der Waals surface area contributed by atoms with E-state index in [-0.39, 0.29) is 11.3 Å². The molecule has 26 heavy (non-hydrogen) atoms. The maximum Gasteiger partial charge on any atom is 0.257 e. The van der Waals surface area contributed by atoms with Crippen LogP contribution in [0.15, 0.2) is 16.8 Å². The Balaban J connectivity index is 1.60. The first kappa shape index (κ1) is 18.6. The summed E-state index contributed by atoms with van der Waals surface area (Å²) in [5.41, 5.74) is 1.57. The van der Waals surface area contributed by atoms with Crippen LogP contribution in [-0.4, -0.2) is 56.7 Å². The Morgan fingerprint density at radius 3 is 2.58 bits per heavy atom. The molecule has 0 N–H and O–H groups in total. The van der Waals surface area contributed by atoms with Crippen LogP contribution in [0.5, 0.6) is 0 Å². The summed E-state index contributed by atoms with van der Waals surface area (Å²) in [6, 6.07) is 0. The fourth-order valence-corrected chi connectivity index (χ4v) is 3.13. The summed E-state index contributed by atoms with van der Waals surface area (Å²) in [6.07, 6.45) is 4.44. The van der Waals surface area contributed by atoms with Crippen LogP contribution >= 0.6 is 0 Å². The van der Waals surface area contributed by atoms with Gasteiger partial charge in [-0.2, -0.15) is 5.10 Å². The second-order valence-electron chi connectivity index (χ2n) is 8.06. The van der Waals surface area contributed by atoms with Crippen molar-refractivity contribution in [2.24, 2.45) is 7.05 Å². The van der Waals surface area contributed by atoms with Gasteiger partial charge in [0.25, 0.3) is 5.91 Å². The zero-order valence-electron chi connectivity index (χ0n) is 16.4. The monoisotopic (exact) mass is 359 g/mol. The molecule has 0 aromatic carbocycles. The minimum absolute atomic E-state index is 0.0329. The van der Waals surface area contributed by atoms with E-state index >= 15 is 0 Å². The topological polar surface area (TPSA) is 67.4 Å². The van der Waals surface area contributed by atoms with Gasteiger partial charge in [-0.15, -0.1) is 0 Å². The standard InChI is InChI=1S/C19H29N5O2/c1-14-15(11-21-22(14)5)18(25)24-8-6-7-23(9-10-24)13-17-20-12-16(26-17)19(2,3)4/h11-12H,6-10,13H2,1-5H3. The summed E-state index contributed by atoms with van der Waals surface area (Å²) in [4.78, 5) is 21.5. The Kier molecular flexibility index (Phi) is 5.18. The molecule has 3 rings (SSSR count). The number of nitrogens with zero attached hydrogens (tertiary/aromatic N) is 5. The van der Waals surface area contributed by atoms with Gasteiger partial charge in [0.15, 0.2) is 0 Å². The minimum Gasteiger partial charge on any atom is -0.444 e. The van der Waals surface area contributed by atoms with E-state index in [4.69, 9.17) is 4.42 Å². The number of hydrogen-bond donors (Lipinski definition) is 0. The van der Waals surface area contributed by atoms with E-state index in [1.165, 1.54) is 0 Å². The Morgan fingerprint density at radius 2 is 1.96 bits per heavy atom. The van der Waals surface area contributed by atoms with E-state index in [9.17, 15) is 4.79 Å². The van der Waals surface area contributed by atoms with Crippen molar-refractivity contribution in [3.63, 3.8) is 0 Å². The van der Waals surface area contributed by atoms with Gasteiger partial charge in [0.05, 0.1) is 24.5 Å². The molecule has 1 amide bonds. The molecule has 142 valence electrons. The molecule has 7 nitrogen and oxygen atoms in total. The number of aromatic nitrogens is 3. The maximum atomic E-state index is 12.8. The molecule has 2 aromatic heterocycles. The molecule has 0 bridgehead atoms. The molecule has 1 aliphatic heterocycles. The van der Waals surface area contributed by atoms with Gasteiger partial charge in [0.1, 0.15) is 5.76 Å². The zero-order valence-corrected chi connectivity index (χ0v) is 16.4. The first-order valence-corrected chi connectivity index (χ1v) is 9.21. The molecule has 0 atom stereocenters. The van der Waals surface area contributed by atoms with E-state index in [1.54, 1.807) is 10.9 Å². The lowest BCUT2D eigenvalue weighted by Crippen LogP contribution is -2.35. The van der Waals surface area contributed by atoms with Gasteiger partial charge < -0.3 is 9.32 Å². The van der Waals surface area contributed by atoms with E-state index < -0.39 is 0 Å². The predicted molar refractivity (Wildman–Crippen MR) is 98.9 cm³/mol. The second kappa shape index (κ2) is 7.23. The molecular formula is C19H29N5O2. The van der Waals surface area contributed by atoms with Gasteiger partial charge in [0, 0.05) is 44.3 Å². The third-order valence-electron chi connectivity index (χ3n) is 4.99. The van der Waals surface area contributed by atoms with Gasteiger partial charge in [0.2, 0.25) is 5.89 Å². The summed E-state index contributed by atoms with van der Waals surface area (Å²) in [5.74, 6) is 1.73. The highest BCUT2D eigenvalue weighted by atomic mass is 16.4. The third-order valence-corrected chi connectivity index (χ3v) is 4.99. The van der Waals surface area contributed by atoms with Crippen molar-refractivity contribution in [2.45, 2.75) is 46.1 Å². The smallest absolute Gasteiger partial charge is 0.257 e. The molecule has 7 heteroatoms. The second-order valence-corrected chi connectivity index (χ2v) is 8.06. The van der Waals surface area contributed by atoms with Crippen molar-refractivity contribution in [1.82, 2.24) is 24.6 Å². The van der Waals surface area contributed by atoms with Crippen LogP contribution in [0.4, 0.5) is 0 Å².